The van der Waals surface area contributed by atoms with Crippen LogP contribution in [0.15, 0.2) is 52.4 Å². The highest BCUT2D eigenvalue weighted by Gasteiger charge is 2.31. The van der Waals surface area contributed by atoms with E-state index in [2.05, 4.69) is 27.5 Å². The summed E-state index contributed by atoms with van der Waals surface area (Å²) in [7, 11) is -1.32. The molecule has 0 aliphatic carbocycles. The van der Waals surface area contributed by atoms with E-state index in [0.717, 1.165) is 4.31 Å². The molecule has 0 aromatic heterocycles. The van der Waals surface area contributed by atoms with Gasteiger partial charge in [-0.3, -0.25) is 19.4 Å². The lowest BCUT2D eigenvalue weighted by atomic mass is 9.96. The van der Waals surface area contributed by atoms with Crippen molar-refractivity contribution in [1.29, 1.82) is 0 Å². The van der Waals surface area contributed by atoms with Gasteiger partial charge in [-0.15, -0.1) is 0 Å². The Labute approximate surface area is 262 Å². The number of ether oxygens (including phenoxy) is 1. The fourth-order valence-electron chi connectivity index (χ4n) is 4.23. The molecule has 13 nitrogen and oxygen atoms in total. The van der Waals surface area contributed by atoms with Crippen LogP contribution in [-0.4, -0.2) is 92.2 Å². The Morgan fingerprint density at radius 2 is 1.87 bits per heavy atom. The highest BCUT2D eigenvalue weighted by Crippen LogP contribution is 2.34. The Hall–Kier alpha value is -4.74. The molecule has 0 saturated carbocycles. The number of benzene rings is 2. The predicted molar refractivity (Wildman–Crippen MR) is 168 cm³/mol. The molecule has 0 saturated heterocycles. The first-order valence-electron chi connectivity index (χ1n) is 14.0. The first-order valence-corrected chi connectivity index (χ1v) is 15.5. The van der Waals surface area contributed by atoms with Gasteiger partial charge in [-0.1, -0.05) is 24.0 Å². The quantitative estimate of drug-likeness (QED) is 0.248. The number of nitrogens with one attached hydrogen (secondary N) is 2. The van der Waals surface area contributed by atoms with Crippen molar-refractivity contribution in [1.82, 2.24) is 14.5 Å². The van der Waals surface area contributed by atoms with Crippen LogP contribution in [-0.2, 0) is 29.1 Å². The minimum atomic E-state index is -4.08. The molecular weight excluding hydrogens is 602 g/mol. The van der Waals surface area contributed by atoms with Crippen LogP contribution in [0.3, 0.4) is 0 Å². The van der Waals surface area contributed by atoms with Crippen molar-refractivity contribution >= 4 is 51.5 Å². The summed E-state index contributed by atoms with van der Waals surface area (Å²) in [4.78, 5) is 53.5. The summed E-state index contributed by atoms with van der Waals surface area (Å²) in [5.41, 5.74) is 1.36. The molecule has 2 aromatic rings. The van der Waals surface area contributed by atoms with Gasteiger partial charge in [-0.05, 0) is 57.5 Å². The summed E-state index contributed by atoms with van der Waals surface area (Å²) < 4.78 is 32.5. The number of nitrogens with zero attached hydrogens (tertiary/aromatic N) is 3. The number of carbonyl (C=O) groups excluding carboxylic acids is 3. The summed E-state index contributed by atoms with van der Waals surface area (Å²) in [5, 5.41) is 14.1. The Bertz CT molecular complexity index is 1650. The van der Waals surface area contributed by atoms with Crippen LogP contribution in [0.4, 0.5) is 16.2 Å². The van der Waals surface area contributed by atoms with Crippen LogP contribution >= 0.6 is 0 Å². The third-order valence-electron chi connectivity index (χ3n) is 6.47. The largest absolute Gasteiger partial charge is 0.481 e. The second-order valence-corrected chi connectivity index (χ2v) is 13.3. The number of likely N-dealkylation sites (N-methyl/N-ethyl adjacent to an activating group) is 2. The van der Waals surface area contributed by atoms with E-state index in [0.29, 0.717) is 16.8 Å². The van der Waals surface area contributed by atoms with Gasteiger partial charge in [-0.2, -0.15) is 4.31 Å². The van der Waals surface area contributed by atoms with Crippen LogP contribution in [0.25, 0.3) is 0 Å². The Morgan fingerprint density at radius 3 is 2.56 bits per heavy atom. The van der Waals surface area contributed by atoms with Gasteiger partial charge in [-0.25, -0.2) is 13.2 Å². The number of aliphatic carboxylic acids is 1. The van der Waals surface area contributed by atoms with E-state index in [1.165, 1.54) is 43.4 Å². The van der Waals surface area contributed by atoms with E-state index in [1.54, 1.807) is 45.0 Å². The van der Waals surface area contributed by atoms with Crippen molar-refractivity contribution in [3.63, 3.8) is 0 Å². The third-order valence-corrected chi connectivity index (χ3v) is 8.27. The molecule has 0 fully saturated rings. The number of alkyl carbamates (subject to hydrolysis) is 1. The minimum Gasteiger partial charge on any atom is -0.481 e. The maximum Gasteiger partial charge on any atom is 0.408 e. The summed E-state index contributed by atoms with van der Waals surface area (Å²) in [6.45, 7) is 5.03. The molecule has 1 aliphatic heterocycles. The number of amides is 3. The second kappa shape index (κ2) is 14.8. The minimum absolute atomic E-state index is 0.0288. The molecule has 2 aromatic carbocycles. The lowest BCUT2D eigenvalue weighted by Gasteiger charge is -2.21. The number of carboxylic acids is 1. The lowest BCUT2D eigenvalue weighted by molar-refractivity contribution is -0.138. The SMILES string of the molecule is CN(CCCC(=O)O)C(=O)CN(C)S(=O)(=O)c1cccc(N=CC2C(=O)Nc3cccc(C#CCNC(=O)OC(C)(C)C)c32)c1. The molecule has 240 valence electrons. The van der Waals surface area contributed by atoms with Gasteiger partial charge in [0.05, 0.1) is 23.7 Å². The van der Waals surface area contributed by atoms with E-state index in [1.807, 2.05) is 0 Å². The molecule has 3 rings (SSSR count). The molecule has 0 radical (unpaired) electrons. The van der Waals surface area contributed by atoms with Crippen LogP contribution in [0.1, 0.15) is 50.7 Å². The molecule has 3 N–H and O–H groups in total. The zero-order valence-corrected chi connectivity index (χ0v) is 26.6. The van der Waals surface area contributed by atoms with Crippen molar-refractivity contribution in [2.45, 2.75) is 50.0 Å². The molecule has 3 amide bonds. The summed E-state index contributed by atoms with van der Waals surface area (Å²) in [5.74, 6) is 3.24. The van der Waals surface area contributed by atoms with Gasteiger partial charge in [0.1, 0.15) is 11.5 Å². The van der Waals surface area contributed by atoms with Crippen molar-refractivity contribution < 1.29 is 37.4 Å². The van der Waals surface area contributed by atoms with Gasteiger partial charge >= 0.3 is 12.1 Å². The van der Waals surface area contributed by atoms with Crippen LogP contribution in [0.2, 0.25) is 0 Å². The smallest absolute Gasteiger partial charge is 0.408 e. The highest BCUT2D eigenvalue weighted by atomic mass is 32.2. The number of aliphatic imine (C=N–C) groups is 1. The molecule has 1 atom stereocenters. The number of hydrogen-bond acceptors (Lipinski definition) is 8. The monoisotopic (exact) mass is 639 g/mol. The first kappa shape index (κ1) is 34.7. The highest BCUT2D eigenvalue weighted by molar-refractivity contribution is 7.89. The molecule has 45 heavy (non-hydrogen) atoms. The zero-order chi connectivity index (χ0) is 33.4. The van der Waals surface area contributed by atoms with Crippen molar-refractivity contribution in [2.24, 2.45) is 4.99 Å². The molecule has 0 spiro atoms. The molecule has 0 bridgehead atoms. The second-order valence-electron chi connectivity index (χ2n) is 11.2. The number of rotatable bonds is 11. The number of sulfonamides is 1. The van der Waals surface area contributed by atoms with Crippen molar-refractivity contribution in [3.05, 3.63) is 53.6 Å². The molecule has 1 heterocycles. The fourth-order valence-corrected chi connectivity index (χ4v) is 5.39. The zero-order valence-electron chi connectivity index (χ0n) is 25.8. The van der Waals surface area contributed by atoms with E-state index in [4.69, 9.17) is 9.84 Å². The van der Waals surface area contributed by atoms with E-state index in [-0.39, 0.29) is 42.4 Å². The Balaban J connectivity index is 1.73. The molecule has 1 unspecified atom stereocenters. The van der Waals surface area contributed by atoms with E-state index in [9.17, 15) is 27.6 Å². The first-order chi connectivity index (χ1) is 21.1. The summed E-state index contributed by atoms with van der Waals surface area (Å²) >= 11 is 0. The number of fused-ring (bicyclic) bond motifs is 1. The number of anilines is 1. The maximum absolute atomic E-state index is 13.2. The normalized spacial score (nSPS) is 14.4. The Kier molecular flexibility index (Phi) is 11.4. The maximum atomic E-state index is 13.2. The average Bonchev–Trinajstić information content (AvgIpc) is 3.28. The molecule has 14 heteroatoms. The van der Waals surface area contributed by atoms with Gasteiger partial charge < -0.3 is 25.4 Å². The number of hydrogen-bond donors (Lipinski definition) is 3. The standard InChI is InChI=1S/C31H37N5O8S/c1-31(2,3)44-30(41)32-16-8-11-21-10-6-14-25-28(21)24(29(40)34-25)19-33-22-12-7-13-23(18-22)45(42,43)36(5)20-26(37)35(4)17-9-15-27(38)39/h6-7,10,12-14,18-19,24H,9,15-17,20H2,1-5H3,(H,32,41)(H,34,40)(H,38,39). The summed E-state index contributed by atoms with van der Waals surface area (Å²) in [6.07, 6.45) is 0.960. The van der Waals surface area contributed by atoms with Gasteiger partial charge in [0.25, 0.3) is 0 Å². The topological polar surface area (TPSA) is 175 Å². The van der Waals surface area contributed by atoms with Gasteiger partial charge in [0.2, 0.25) is 21.8 Å². The van der Waals surface area contributed by atoms with E-state index >= 15 is 0 Å². The van der Waals surface area contributed by atoms with Gasteiger partial charge in [0, 0.05) is 50.1 Å². The van der Waals surface area contributed by atoms with Gasteiger partial charge in [0.15, 0.2) is 0 Å². The number of carboxylic acid groups (broad SMARTS) is 1. The third kappa shape index (κ3) is 9.88. The summed E-state index contributed by atoms with van der Waals surface area (Å²) in [6, 6.07) is 11.0. The predicted octanol–water partition coefficient (Wildman–Crippen LogP) is 2.94. The lowest BCUT2D eigenvalue weighted by Crippen LogP contribution is -2.39. The van der Waals surface area contributed by atoms with E-state index < -0.39 is 46.1 Å². The average molecular weight is 640 g/mol. The van der Waals surface area contributed by atoms with Crippen LogP contribution in [0.5, 0.6) is 0 Å². The number of carbonyl (C=O) groups is 4. The fraction of sp³-hybridized carbons (Fsp3) is 0.387. The molecular formula is C31H37N5O8S. The van der Waals surface area contributed by atoms with Crippen molar-refractivity contribution in [3.8, 4) is 11.8 Å². The Morgan fingerprint density at radius 1 is 1.16 bits per heavy atom. The van der Waals surface area contributed by atoms with Crippen LogP contribution in [0, 0.1) is 11.8 Å². The van der Waals surface area contributed by atoms with Crippen molar-refractivity contribution in [2.75, 3.05) is 39.0 Å². The molecule has 1 aliphatic rings. The van der Waals surface area contributed by atoms with Crippen LogP contribution < -0.4 is 10.6 Å².